The molecule has 0 radical (unpaired) electrons. The second-order valence-electron chi connectivity index (χ2n) is 6.02. The highest BCUT2D eigenvalue weighted by atomic mass is 16.5. The Morgan fingerprint density at radius 3 is 2.90 bits per heavy atom. The summed E-state index contributed by atoms with van der Waals surface area (Å²) in [7, 11) is 0. The zero-order valence-corrected chi connectivity index (χ0v) is 13.1. The molecular weight excluding hydrogens is 248 g/mol. The second-order valence-corrected chi connectivity index (χ2v) is 6.02. The summed E-state index contributed by atoms with van der Waals surface area (Å²) in [5.74, 6) is 1.01. The lowest BCUT2D eigenvalue weighted by atomic mass is 10.1. The van der Waals surface area contributed by atoms with Crippen LogP contribution in [0.15, 0.2) is 18.2 Å². The molecule has 112 valence electrons. The molecule has 2 atom stereocenters. The van der Waals surface area contributed by atoms with E-state index in [1.807, 2.05) is 0 Å². The summed E-state index contributed by atoms with van der Waals surface area (Å²) in [4.78, 5) is 2.39. The van der Waals surface area contributed by atoms with Gasteiger partial charge >= 0.3 is 0 Å². The molecule has 0 amide bonds. The summed E-state index contributed by atoms with van der Waals surface area (Å²) >= 11 is 0. The zero-order chi connectivity index (χ0) is 14.5. The Hall–Kier alpha value is -1.22. The van der Waals surface area contributed by atoms with Crippen LogP contribution >= 0.6 is 0 Å². The van der Waals surface area contributed by atoms with Crippen LogP contribution in [0.2, 0.25) is 0 Å². The van der Waals surface area contributed by atoms with Gasteiger partial charge in [-0.05, 0) is 56.9 Å². The lowest BCUT2D eigenvalue weighted by molar-refractivity contribution is 0.208. The summed E-state index contributed by atoms with van der Waals surface area (Å²) in [6.07, 6.45) is 4.87. The molecule has 0 aliphatic carbocycles. The standard InChI is InChI=1S/C17H28N2O/c1-4-6-14(3)20-17-9-8-16(11-13(17)2)19-10-5-7-15(18)12-19/h8-9,11,14-15H,4-7,10,12,18H2,1-3H3. The normalized spacial score (nSPS) is 20.8. The van der Waals surface area contributed by atoms with E-state index in [9.17, 15) is 0 Å². The minimum Gasteiger partial charge on any atom is -0.490 e. The maximum atomic E-state index is 6.06. The van der Waals surface area contributed by atoms with Gasteiger partial charge in [-0.25, -0.2) is 0 Å². The molecule has 3 nitrogen and oxygen atoms in total. The third kappa shape index (κ3) is 3.89. The molecule has 3 heteroatoms. The summed E-state index contributed by atoms with van der Waals surface area (Å²) in [6.45, 7) is 8.53. The van der Waals surface area contributed by atoms with Gasteiger partial charge in [0.25, 0.3) is 0 Å². The molecule has 1 heterocycles. The molecule has 1 fully saturated rings. The van der Waals surface area contributed by atoms with Crippen LogP contribution in [-0.2, 0) is 0 Å². The maximum absolute atomic E-state index is 6.06. The van der Waals surface area contributed by atoms with E-state index in [0.717, 1.165) is 38.1 Å². The zero-order valence-electron chi connectivity index (χ0n) is 13.1. The molecule has 1 aliphatic rings. The molecule has 1 aliphatic heterocycles. The first-order valence-corrected chi connectivity index (χ1v) is 7.88. The van der Waals surface area contributed by atoms with Gasteiger partial charge in [-0.2, -0.15) is 0 Å². The van der Waals surface area contributed by atoms with Crippen molar-refractivity contribution in [3.05, 3.63) is 23.8 Å². The predicted molar refractivity (Wildman–Crippen MR) is 85.6 cm³/mol. The van der Waals surface area contributed by atoms with Gasteiger partial charge in [0, 0.05) is 24.8 Å². The highest BCUT2D eigenvalue weighted by Crippen LogP contribution is 2.27. The monoisotopic (exact) mass is 276 g/mol. The van der Waals surface area contributed by atoms with Crippen LogP contribution in [-0.4, -0.2) is 25.2 Å². The first kappa shape index (κ1) is 15.2. The van der Waals surface area contributed by atoms with E-state index < -0.39 is 0 Å². The van der Waals surface area contributed by atoms with E-state index in [1.54, 1.807) is 0 Å². The lowest BCUT2D eigenvalue weighted by Gasteiger charge is -2.33. The topological polar surface area (TPSA) is 38.5 Å². The van der Waals surface area contributed by atoms with Gasteiger partial charge in [0.2, 0.25) is 0 Å². The molecule has 0 spiro atoms. The number of hydrogen-bond donors (Lipinski definition) is 1. The van der Waals surface area contributed by atoms with Gasteiger partial charge in [0.1, 0.15) is 5.75 Å². The minimum absolute atomic E-state index is 0.285. The summed E-state index contributed by atoms with van der Waals surface area (Å²) in [6, 6.07) is 6.81. The van der Waals surface area contributed by atoms with Crippen LogP contribution in [0, 0.1) is 6.92 Å². The van der Waals surface area contributed by atoms with Gasteiger partial charge in [-0.3, -0.25) is 0 Å². The second kappa shape index (κ2) is 6.98. The van der Waals surface area contributed by atoms with Gasteiger partial charge < -0.3 is 15.4 Å². The molecule has 2 rings (SSSR count). The van der Waals surface area contributed by atoms with Crippen molar-refractivity contribution in [2.45, 2.75) is 58.6 Å². The maximum Gasteiger partial charge on any atom is 0.122 e. The van der Waals surface area contributed by atoms with Crippen molar-refractivity contribution >= 4 is 5.69 Å². The number of benzene rings is 1. The lowest BCUT2D eigenvalue weighted by Crippen LogP contribution is -2.42. The number of ether oxygens (including phenoxy) is 1. The van der Waals surface area contributed by atoms with Crippen LogP contribution in [0.3, 0.4) is 0 Å². The molecule has 2 N–H and O–H groups in total. The van der Waals surface area contributed by atoms with E-state index in [1.165, 1.54) is 17.7 Å². The predicted octanol–water partition coefficient (Wildman–Crippen LogP) is 3.49. The van der Waals surface area contributed by atoms with Crippen molar-refractivity contribution in [3.8, 4) is 5.75 Å². The molecule has 20 heavy (non-hydrogen) atoms. The fourth-order valence-electron chi connectivity index (χ4n) is 2.89. The molecule has 0 saturated carbocycles. The van der Waals surface area contributed by atoms with Crippen molar-refractivity contribution in [1.29, 1.82) is 0 Å². The number of piperidine rings is 1. The SMILES string of the molecule is CCCC(C)Oc1ccc(N2CCCC(N)C2)cc1C. The Morgan fingerprint density at radius 1 is 1.45 bits per heavy atom. The van der Waals surface area contributed by atoms with Gasteiger partial charge in [0.15, 0.2) is 0 Å². The number of hydrogen-bond acceptors (Lipinski definition) is 3. The third-order valence-corrected chi connectivity index (χ3v) is 4.00. The quantitative estimate of drug-likeness (QED) is 0.894. The van der Waals surface area contributed by atoms with Crippen LogP contribution < -0.4 is 15.4 Å². The fourth-order valence-corrected chi connectivity index (χ4v) is 2.89. The van der Waals surface area contributed by atoms with Gasteiger partial charge in [-0.1, -0.05) is 13.3 Å². The highest BCUT2D eigenvalue weighted by molar-refractivity contribution is 5.53. The van der Waals surface area contributed by atoms with E-state index in [0.29, 0.717) is 6.04 Å². The summed E-state index contributed by atoms with van der Waals surface area (Å²) < 4.78 is 6.01. The van der Waals surface area contributed by atoms with Crippen LogP contribution in [0.1, 0.15) is 45.1 Å². The first-order chi connectivity index (χ1) is 9.60. The molecule has 2 unspecified atom stereocenters. The molecule has 1 saturated heterocycles. The fraction of sp³-hybridized carbons (Fsp3) is 0.647. The minimum atomic E-state index is 0.285. The first-order valence-electron chi connectivity index (χ1n) is 7.88. The third-order valence-electron chi connectivity index (χ3n) is 4.00. The number of nitrogens with two attached hydrogens (primary N) is 1. The smallest absolute Gasteiger partial charge is 0.122 e. The Morgan fingerprint density at radius 2 is 2.25 bits per heavy atom. The molecular formula is C17H28N2O. The van der Waals surface area contributed by atoms with E-state index in [2.05, 4.69) is 43.9 Å². The summed E-state index contributed by atoms with van der Waals surface area (Å²) in [5, 5.41) is 0. The van der Waals surface area contributed by atoms with Gasteiger partial charge in [-0.15, -0.1) is 0 Å². The van der Waals surface area contributed by atoms with Crippen LogP contribution in [0.4, 0.5) is 5.69 Å². The van der Waals surface area contributed by atoms with Crippen LogP contribution in [0.5, 0.6) is 5.75 Å². The molecule has 0 bridgehead atoms. The summed E-state index contributed by atoms with van der Waals surface area (Å²) in [5.41, 5.74) is 8.55. The Bertz CT molecular complexity index is 433. The van der Waals surface area contributed by atoms with E-state index in [4.69, 9.17) is 10.5 Å². The van der Waals surface area contributed by atoms with Crippen molar-refractivity contribution in [2.75, 3.05) is 18.0 Å². The molecule has 1 aromatic rings. The van der Waals surface area contributed by atoms with Crippen molar-refractivity contribution < 1.29 is 4.74 Å². The van der Waals surface area contributed by atoms with Gasteiger partial charge in [0.05, 0.1) is 6.10 Å². The average molecular weight is 276 g/mol. The number of nitrogens with zero attached hydrogens (tertiary/aromatic N) is 1. The Kier molecular flexibility index (Phi) is 5.30. The Balaban J connectivity index is 2.05. The molecule has 0 aromatic heterocycles. The highest BCUT2D eigenvalue weighted by Gasteiger charge is 2.17. The van der Waals surface area contributed by atoms with Crippen molar-refractivity contribution in [1.82, 2.24) is 0 Å². The van der Waals surface area contributed by atoms with E-state index >= 15 is 0 Å². The van der Waals surface area contributed by atoms with Crippen molar-refractivity contribution in [3.63, 3.8) is 0 Å². The van der Waals surface area contributed by atoms with Crippen LogP contribution in [0.25, 0.3) is 0 Å². The average Bonchev–Trinajstić information content (AvgIpc) is 2.41. The number of anilines is 1. The molecule has 1 aromatic carbocycles. The van der Waals surface area contributed by atoms with Crippen molar-refractivity contribution in [2.24, 2.45) is 5.73 Å². The van der Waals surface area contributed by atoms with E-state index in [-0.39, 0.29) is 6.10 Å². The number of rotatable bonds is 5. The largest absolute Gasteiger partial charge is 0.490 e. The number of aryl methyl sites for hydroxylation is 1. The Labute approximate surface area is 123 Å².